The second kappa shape index (κ2) is 8.64. The van der Waals surface area contributed by atoms with E-state index in [1.165, 1.54) is 10.9 Å². The van der Waals surface area contributed by atoms with Crippen LogP contribution >= 0.6 is 0 Å². The molecule has 9 heteroatoms. The van der Waals surface area contributed by atoms with Gasteiger partial charge in [-0.1, -0.05) is 23.4 Å². The number of carbonyl (C=O) groups is 2. The third kappa shape index (κ3) is 4.40. The van der Waals surface area contributed by atoms with Crippen molar-refractivity contribution in [2.24, 2.45) is 0 Å². The Morgan fingerprint density at radius 3 is 2.77 bits per heavy atom. The topological polar surface area (TPSA) is 107 Å². The minimum absolute atomic E-state index is 0.177. The molecule has 1 aliphatic rings. The number of hydrogen-bond acceptors (Lipinski definition) is 6. The normalized spacial score (nSPS) is 14.5. The summed E-state index contributed by atoms with van der Waals surface area (Å²) in [4.78, 5) is 24.6. The van der Waals surface area contributed by atoms with Gasteiger partial charge in [-0.15, -0.1) is 5.10 Å². The van der Waals surface area contributed by atoms with E-state index in [2.05, 4.69) is 20.9 Å². The van der Waals surface area contributed by atoms with E-state index in [9.17, 15) is 9.59 Å². The summed E-state index contributed by atoms with van der Waals surface area (Å²) in [5, 5.41) is 13.4. The van der Waals surface area contributed by atoms with Crippen LogP contribution in [0.5, 0.6) is 11.5 Å². The zero-order chi connectivity index (χ0) is 20.9. The Kier molecular flexibility index (Phi) is 5.60. The Bertz CT molecular complexity index is 1020. The number of hydrogen-bond donors (Lipinski definition) is 2. The lowest BCUT2D eigenvalue weighted by Crippen LogP contribution is -2.38. The highest BCUT2D eigenvalue weighted by Gasteiger charge is 2.28. The van der Waals surface area contributed by atoms with Crippen molar-refractivity contribution in [2.75, 3.05) is 19.0 Å². The SMILES string of the molecule is COc1ccc(NC(=O)c2cn(CCNC(=O)C3Cc4ccccc4O3)nn2)cc1. The summed E-state index contributed by atoms with van der Waals surface area (Å²) in [6, 6.07) is 14.6. The third-order valence-corrected chi connectivity index (χ3v) is 4.70. The number of rotatable bonds is 7. The fourth-order valence-corrected chi connectivity index (χ4v) is 3.12. The number of anilines is 1. The first-order valence-corrected chi connectivity index (χ1v) is 9.50. The maximum absolute atomic E-state index is 12.3. The van der Waals surface area contributed by atoms with Gasteiger partial charge >= 0.3 is 0 Å². The summed E-state index contributed by atoms with van der Waals surface area (Å²) < 4.78 is 12.3. The zero-order valence-electron chi connectivity index (χ0n) is 16.4. The van der Waals surface area contributed by atoms with Crippen molar-refractivity contribution >= 4 is 17.5 Å². The van der Waals surface area contributed by atoms with Crippen molar-refractivity contribution in [3.8, 4) is 11.5 Å². The van der Waals surface area contributed by atoms with Crippen molar-refractivity contribution in [3.63, 3.8) is 0 Å². The average molecular weight is 407 g/mol. The Balaban J connectivity index is 1.24. The maximum Gasteiger partial charge on any atom is 0.277 e. The fraction of sp³-hybridized carbons (Fsp3) is 0.238. The average Bonchev–Trinajstić information content (AvgIpc) is 3.41. The van der Waals surface area contributed by atoms with Crippen molar-refractivity contribution in [3.05, 3.63) is 66.0 Å². The first-order chi connectivity index (χ1) is 14.6. The highest BCUT2D eigenvalue weighted by Crippen LogP contribution is 2.28. The molecule has 0 bridgehead atoms. The molecular weight excluding hydrogens is 386 g/mol. The van der Waals surface area contributed by atoms with Gasteiger partial charge in [0.1, 0.15) is 11.5 Å². The number of benzene rings is 2. The molecule has 3 aromatic rings. The summed E-state index contributed by atoms with van der Waals surface area (Å²) in [7, 11) is 1.58. The minimum atomic E-state index is -0.524. The molecule has 2 aromatic carbocycles. The van der Waals surface area contributed by atoms with Gasteiger partial charge in [0.2, 0.25) is 0 Å². The standard InChI is InChI=1S/C21H21N5O4/c1-29-16-8-6-15(7-9-16)23-20(27)17-13-26(25-24-17)11-10-22-21(28)19-12-14-4-2-3-5-18(14)30-19/h2-9,13,19H,10-12H2,1H3,(H,22,28)(H,23,27). The monoisotopic (exact) mass is 407 g/mol. The molecule has 154 valence electrons. The van der Waals surface area contributed by atoms with Gasteiger partial charge in [-0.05, 0) is 35.9 Å². The number of nitrogens with zero attached hydrogens (tertiary/aromatic N) is 3. The summed E-state index contributed by atoms with van der Waals surface area (Å²) in [5.41, 5.74) is 1.84. The number of methoxy groups -OCH3 is 1. The van der Waals surface area contributed by atoms with Crippen LogP contribution < -0.4 is 20.1 Å². The lowest BCUT2D eigenvalue weighted by atomic mass is 10.1. The highest BCUT2D eigenvalue weighted by atomic mass is 16.5. The molecule has 1 unspecified atom stereocenters. The van der Waals surface area contributed by atoms with Crippen LogP contribution in [0.2, 0.25) is 0 Å². The van der Waals surface area contributed by atoms with Gasteiger partial charge in [0.15, 0.2) is 11.8 Å². The quantitative estimate of drug-likeness (QED) is 0.617. The predicted molar refractivity (Wildman–Crippen MR) is 109 cm³/mol. The van der Waals surface area contributed by atoms with Gasteiger partial charge in [0.25, 0.3) is 11.8 Å². The van der Waals surface area contributed by atoms with E-state index in [4.69, 9.17) is 9.47 Å². The van der Waals surface area contributed by atoms with E-state index in [-0.39, 0.29) is 17.5 Å². The predicted octanol–water partition coefficient (Wildman–Crippen LogP) is 1.66. The Hall–Kier alpha value is -3.88. The van der Waals surface area contributed by atoms with Crippen LogP contribution in [0.15, 0.2) is 54.7 Å². The van der Waals surface area contributed by atoms with E-state index < -0.39 is 6.10 Å². The van der Waals surface area contributed by atoms with Crippen molar-refractivity contribution < 1.29 is 19.1 Å². The lowest BCUT2D eigenvalue weighted by Gasteiger charge is -2.11. The lowest BCUT2D eigenvalue weighted by molar-refractivity contribution is -0.127. The largest absolute Gasteiger partial charge is 0.497 e. The van der Waals surface area contributed by atoms with Gasteiger partial charge < -0.3 is 20.1 Å². The van der Waals surface area contributed by atoms with Crippen LogP contribution in [0.3, 0.4) is 0 Å². The van der Waals surface area contributed by atoms with Crippen LogP contribution in [0.25, 0.3) is 0 Å². The Morgan fingerprint density at radius 1 is 1.20 bits per heavy atom. The molecule has 0 saturated heterocycles. The molecule has 2 heterocycles. The fourth-order valence-electron chi connectivity index (χ4n) is 3.12. The molecule has 2 amide bonds. The van der Waals surface area contributed by atoms with Crippen molar-refractivity contribution in [2.45, 2.75) is 19.1 Å². The van der Waals surface area contributed by atoms with Crippen LogP contribution in [0, 0.1) is 0 Å². The molecular formula is C21H21N5O4. The van der Waals surface area contributed by atoms with Gasteiger partial charge in [-0.2, -0.15) is 0 Å². The summed E-state index contributed by atoms with van der Waals surface area (Å²) >= 11 is 0. The van der Waals surface area contributed by atoms with E-state index in [0.717, 1.165) is 11.3 Å². The molecule has 9 nitrogen and oxygen atoms in total. The smallest absolute Gasteiger partial charge is 0.277 e. The molecule has 4 rings (SSSR count). The molecule has 0 saturated carbocycles. The number of fused-ring (bicyclic) bond motifs is 1. The molecule has 0 radical (unpaired) electrons. The Labute approximate surface area is 173 Å². The van der Waals surface area contributed by atoms with E-state index in [1.54, 1.807) is 31.4 Å². The molecule has 0 spiro atoms. The zero-order valence-corrected chi connectivity index (χ0v) is 16.4. The number of amides is 2. The van der Waals surface area contributed by atoms with Gasteiger partial charge in [0.05, 0.1) is 19.9 Å². The van der Waals surface area contributed by atoms with Crippen LogP contribution in [0.4, 0.5) is 5.69 Å². The van der Waals surface area contributed by atoms with Gasteiger partial charge in [-0.3, -0.25) is 9.59 Å². The van der Waals surface area contributed by atoms with Crippen LogP contribution in [-0.4, -0.2) is 46.6 Å². The summed E-state index contributed by atoms with van der Waals surface area (Å²) in [6.45, 7) is 0.728. The molecule has 1 atom stereocenters. The molecule has 1 aromatic heterocycles. The number of carbonyl (C=O) groups excluding carboxylic acids is 2. The Morgan fingerprint density at radius 2 is 2.00 bits per heavy atom. The maximum atomic E-state index is 12.3. The van der Waals surface area contributed by atoms with Crippen molar-refractivity contribution in [1.29, 1.82) is 0 Å². The summed E-state index contributed by atoms with van der Waals surface area (Å²) in [6.07, 6.45) is 1.57. The molecule has 0 aliphatic carbocycles. The number of aromatic nitrogens is 3. The molecule has 2 N–H and O–H groups in total. The van der Waals surface area contributed by atoms with Crippen LogP contribution in [-0.2, 0) is 17.8 Å². The third-order valence-electron chi connectivity index (χ3n) is 4.70. The highest BCUT2D eigenvalue weighted by molar-refractivity contribution is 6.02. The second-order valence-electron chi connectivity index (χ2n) is 6.76. The number of ether oxygens (including phenoxy) is 2. The molecule has 0 fully saturated rings. The first kappa shape index (κ1) is 19.4. The van der Waals surface area contributed by atoms with Gasteiger partial charge in [0, 0.05) is 18.7 Å². The number of nitrogens with one attached hydrogen (secondary N) is 2. The van der Waals surface area contributed by atoms with E-state index >= 15 is 0 Å². The second-order valence-corrected chi connectivity index (χ2v) is 6.76. The number of para-hydroxylation sites is 1. The van der Waals surface area contributed by atoms with Crippen molar-refractivity contribution in [1.82, 2.24) is 20.3 Å². The first-order valence-electron chi connectivity index (χ1n) is 9.50. The molecule has 30 heavy (non-hydrogen) atoms. The summed E-state index contributed by atoms with van der Waals surface area (Å²) in [5.74, 6) is 0.908. The van der Waals surface area contributed by atoms with E-state index in [0.29, 0.717) is 30.9 Å². The van der Waals surface area contributed by atoms with Gasteiger partial charge in [-0.25, -0.2) is 4.68 Å². The molecule has 1 aliphatic heterocycles. The minimum Gasteiger partial charge on any atom is -0.497 e. The van der Waals surface area contributed by atoms with Crippen LogP contribution in [0.1, 0.15) is 16.1 Å². The van der Waals surface area contributed by atoms with E-state index in [1.807, 2.05) is 24.3 Å².